The monoisotopic (exact) mass is 386 g/mol. The molecule has 1 amide bonds. The lowest BCUT2D eigenvalue weighted by Gasteiger charge is -2.08. The second-order valence-corrected chi connectivity index (χ2v) is 5.63. The van der Waals surface area contributed by atoms with Crippen molar-refractivity contribution >= 4 is 40.1 Å². The van der Waals surface area contributed by atoms with E-state index in [1.165, 1.54) is 0 Å². The molecule has 0 unspecified atom stereocenters. The van der Waals surface area contributed by atoms with Crippen LogP contribution in [-0.4, -0.2) is 10.9 Å². The fourth-order valence-corrected chi connectivity index (χ4v) is 2.25. The molecule has 2 aromatic rings. The van der Waals surface area contributed by atoms with Gasteiger partial charge in [-0.25, -0.2) is 4.98 Å². The van der Waals surface area contributed by atoms with Crippen LogP contribution in [0.25, 0.3) is 0 Å². The van der Waals surface area contributed by atoms with Crippen LogP contribution in [0.1, 0.15) is 21.5 Å². The summed E-state index contributed by atoms with van der Waals surface area (Å²) in [5, 5.41) is 3.33. The quantitative estimate of drug-likeness (QED) is 0.647. The Labute approximate surface area is 130 Å². The fraction of sp³-hybridized carbons (Fsp3) is 0.143. The zero-order valence-electron chi connectivity index (χ0n) is 10.3. The van der Waals surface area contributed by atoms with Crippen molar-refractivity contribution in [1.29, 1.82) is 0 Å². The van der Waals surface area contributed by atoms with Crippen molar-refractivity contribution in [2.45, 2.75) is 13.5 Å². The van der Waals surface area contributed by atoms with E-state index < -0.39 is 0 Å². The third-order valence-corrected chi connectivity index (χ3v) is 4.15. The Bertz CT molecular complexity index is 599. The van der Waals surface area contributed by atoms with Crippen LogP contribution in [0.15, 0.2) is 36.5 Å². The van der Waals surface area contributed by atoms with Gasteiger partial charge in [0.1, 0.15) is 5.15 Å². The first-order valence-corrected chi connectivity index (χ1v) is 7.17. The molecule has 1 heterocycles. The lowest BCUT2D eigenvalue weighted by Crippen LogP contribution is -2.23. The Morgan fingerprint density at radius 3 is 2.84 bits per heavy atom. The van der Waals surface area contributed by atoms with Gasteiger partial charge in [-0.1, -0.05) is 23.7 Å². The van der Waals surface area contributed by atoms with Gasteiger partial charge >= 0.3 is 0 Å². The first-order valence-electron chi connectivity index (χ1n) is 5.71. The Kier molecular flexibility index (Phi) is 4.76. The Balaban J connectivity index is 2.05. The predicted molar refractivity (Wildman–Crippen MR) is 84.3 cm³/mol. The molecular formula is C14H12ClIN2O. The normalized spacial score (nSPS) is 10.3. The van der Waals surface area contributed by atoms with Crippen molar-refractivity contribution in [3.05, 3.63) is 61.9 Å². The van der Waals surface area contributed by atoms with Gasteiger partial charge in [-0.15, -0.1) is 0 Å². The zero-order valence-corrected chi connectivity index (χ0v) is 13.2. The molecule has 19 heavy (non-hydrogen) atoms. The Hall–Kier alpha value is -1.14. The number of carbonyl (C=O) groups is 1. The third-order valence-electron chi connectivity index (χ3n) is 2.75. The minimum absolute atomic E-state index is 0.0778. The van der Waals surface area contributed by atoms with Crippen LogP contribution in [0.3, 0.4) is 0 Å². The number of hydrogen-bond donors (Lipinski definition) is 1. The van der Waals surface area contributed by atoms with Gasteiger partial charge in [0, 0.05) is 21.9 Å². The predicted octanol–water partition coefficient (Wildman–Crippen LogP) is 3.58. The van der Waals surface area contributed by atoms with Crippen molar-refractivity contribution in [3.63, 3.8) is 0 Å². The van der Waals surface area contributed by atoms with Crippen molar-refractivity contribution in [2.75, 3.05) is 0 Å². The smallest absolute Gasteiger partial charge is 0.251 e. The number of halogens is 2. The van der Waals surface area contributed by atoms with Crippen molar-refractivity contribution in [1.82, 2.24) is 10.3 Å². The molecule has 0 bridgehead atoms. The molecule has 0 aliphatic carbocycles. The standard InChI is InChI=1S/C14H12ClIN2O/c1-9-11(3-2-4-12(9)16)14(19)18-8-10-5-6-13(15)17-7-10/h2-7H,8H2,1H3,(H,18,19). The molecule has 0 fully saturated rings. The van der Waals surface area contributed by atoms with E-state index in [0.717, 1.165) is 14.7 Å². The van der Waals surface area contributed by atoms with Crippen LogP contribution in [0.2, 0.25) is 5.15 Å². The minimum Gasteiger partial charge on any atom is -0.348 e. The molecule has 0 atom stereocenters. The number of carbonyl (C=O) groups excluding carboxylic acids is 1. The number of amides is 1. The Morgan fingerprint density at radius 2 is 2.16 bits per heavy atom. The molecule has 0 aliphatic rings. The SMILES string of the molecule is Cc1c(I)cccc1C(=O)NCc1ccc(Cl)nc1. The number of hydrogen-bond acceptors (Lipinski definition) is 2. The van der Waals surface area contributed by atoms with E-state index in [9.17, 15) is 4.79 Å². The molecule has 1 aromatic carbocycles. The lowest BCUT2D eigenvalue weighted by molar-refractivity contribution is 0.0950. The first-order chi connectivity index (χ1) is 9.08. The van der Waals surface area contributed by atoms with E-state index in [-0.39, 0.29) is 5.91 Å². The summed E-state index contributed by atoms with van der Waals surface area (Å²) < 4.78 is 1.08. The van der Waals surface area contributed by atoms with Crippen LogP contribution in [0.5, 0.6) is 0 Å². The lowest BCUT2D eigenvalue weighted by atomic mass is 10.1. The highest BCUT2D eigenvalue weighted by molar-refractivity contribution is 14.1. The van der Waals surface area contributed by atoms with Gasteiger partial charge in [0.15, 0.2) is 0 Å². The van der Waals surface area contributed by atoms with Crippen molar-refractivity contribution < 1.29 is 4.79 Å². The molecule has 5 heteroatoms. The first kappa shape index (κ1) is 14.3. The van der Waals surface area contributed by atoms with Crippen molar-refractivity contribution in [2.24, 2.45) is 0 Å². The zero-order chi connectivity index (χ0) is 13.8. The van der Waals surface area contributed by atoms with Gasteiger partial charge in [0.25, 0.3) is 5.91 Å². The van der Waals surface area contributed by atoms with Gasteiger partial charge in [0.2, 0.25) is 0 Å². The summed E-state index contributed by atoms with van der Waals surface area (Å²) in [4.78, 5) is 16.1. The largest absolute Gasteiger partial charge is 0.348 e. The molecule has 0 radical (unpaired) electrons. The topological polar surface area (TPSA) is 42.0 Å². The summed E-state index contributed by atoms with van der Waals surface area (Å²) in [6.45, 7) is 2.38. The highest BCUT2D eigenvalue weighted by atomic mass is 127. The molecule has 3 nitrogen and oxygen atoms in total. The van der Waals surface area contributed by atoms with Crippen LogP contribution in [0, 0.1) is 10.5 Å². The van der Waals surface area contributed by atoms with Crippen LogP contribution >= 0.6 is 34.2 Å². The van der Waals surface area contributed by atoms with E-state index in [1.807, 2.05) is 31.2 Å². The highest BCUT2D eigenvalue weighted by Gasteiger charge is 2.10. The van der Waals surface area contributed by atoms with E-state index >= 15 is 0 Å². The van der Waals surface area contributed by atoms with E-state index in [1.54, 1.807) is 12.3 Å². The summed E-state index contributed by atoms with van der Waals surface area (Å²) in [6.07, 6.45) is 1.66. The van der Waals surface area contributed by atoms with Crippen LogP contribution in [-0.2, 0) is 6.54 Å². The van der Waals surface area contributed by atoms with E-state index in [4.69, 9.17) is 11.6 Å². The van der Waals surface area contributed by atoms with Gasteiger partial charge in [-0.3, -0.25) is 4.79 Å². The number of pyridine rings is 1. The molecule has 0 aliphatic heterocycles. The number of nitrogens with one attached hydrogen (secondary N) is 1. The maximum Gasteiger partial charge on any atom is 0.251 e. The summed E-state index contributed by atoms with van der Waals surface area (Å²) in [5.41, 5.74) is 2.62. The molecule has 0 saturated carbocycles. The molecular weight excluding hydrogens is 375 g/mol. The molecule has 2 rings (SSSR count). The van der Waals surface area contributed by atoms with Crippen molar-refractivity contribution in [3.8, 4) is 0 Å². The van der Waals surface area contributed by atoms with Gasteiger partial charge in [-0.2, -0.15) is 0 Å². The van der Waals surface area contributed by atoms with Gasteiger partial charge in [-0.05, 0) is 58.8 Å². The summed E-state index contributed by atoms with van der Waals surface area (Å²) in [5.74, 6) is -0.0778. The van der Waals surface area contributed by atoms with Crippen LogP contribution < -0.4 is 5.32 Å². The average Bonchev–Trinajstić information content (AvgIpc) is 2.41. The van der Waals surface area contributed by atoms with Crippen LogP contribution in [0.4, 0.5) is 0 Å². The molecule has 1 aromatic heterocycles. The van der Waals surface area contributed by atoms with Gasteiger partial charge in [0.05, 0.1) is 0 Å². The second-order valence-electron chi connectivity index (χ2n) is 4.08. The van der Waals surface area contributed by atoms with E-state index in [0.29, 0.717) is 17.3 Å². The maximum atomic E-state index is 12.1. The second kappa shape index (κ2) is 6.34. The number of aromatic nitrogens is 1. The average molecular weight is 387 g/mol. The summed E-state index contributed by atoms with van der Waals surface area (Å²) >= 11 is 7.93. The third kappa shape index (κ3) is 3.67. The maximum absolute atomic E-state index is 12.1. The summed E-state index contributed by atoms with van der Waals surface area (Å²) in [6, 6.07) is 9.24. The number of rotatable bonds is 3. The number of nitrogens with zero attached hydrogens (tertiary/aromatic N) is 1. The fourth-order valence-electron chi connectivity index (χ4n) is 1.64. The number of benzene rings is 1. The Morgan fingerprint density at radius 1 is 1.37 bits per heavy atom. The summed E-state index contributed by atoms with van der Waals surface area (Å²) in [7, 11) is 0. The molecule has 1 N–H and O–H groups in total. The highest BCUT2D eigenvalue weighted by Crippen LogP contribution is 2.15. The molecule has 98 valence electrons. The van der Waals surface area contributed by atoms with E-state index in [2.05, 4.69) is 32.9 Å². The molecule has 0 saturated heterocycles. The van der Waals surface area contributed by atoms with Gasteiger partial charge < -0.3 is 5.32 Å². The minimum atomic E-state index is -0.0778. The molecule has 0 spiro atoms.